The molecule has 29 heavy (non-hydrogen) atoms. The van der Waals surface area contributed by atoms with Crippen LogP contribution in [0.2, 0.25) is 5.02 Å². The Hall–Kier alpha value is -3.17. The van der Waals surface area contributed by atoms with Crippen LogP contribution in [0.3, 0.4) is 0 Å². The van der Waals surface area contributed by atoms with Crippen molar-refractivity contribution in [3.8, 4) is 0 Å². The van der Waals surface area contributed by atoms with Crippen LogP contribution in [-0.4, -0.2) is 22.6 Å². The van der Waals surface area contributed by atoms with Crippen molar-refractivity contribution >= 4 is 29.2 Å². The van der Waals surface area contributed by atoms with Crippen molar-refractivity contribution in [1.29, 1.82) is 0 Å². The first-order chi connectivity index (χ1) is 13.7. The number of hydrogen-bond acceptors (Lipinski definition) is 6. The molecule has 0 spiro atoms. The van der Waals surface area contributed by atoms with Crippen LogP contribution in [0.5, 0.6) is 0 Å². The van der Waals surface area contributed by atoms with Crippen molar-refractivity contribution in [2.45, 2.75) is 31.6 Å². The van der Waals surface area contributed by atoms with Crippen LogP contribution in [0.15, 0.2) is 58.5 Å². The summed E-state index contributed by atoms with van der Waals surface area (Å²) in [5, 5.41) is 17.4. The van der Waals surface area contributed by atoms with Gasteiger partial charge < -0.3 is 11.1 Å². The highest BCUT2D eigenvalue weighted by atomic mass is 35.5. The van der Waals surface area contributed by atoms with Gasteiger partial charge in [-0.1, -0.05) is 35.9 Å². The zero-order valence-corrected chi connectivity index (χ0v) is 16.6. The molecule has 0 fully saturated rings. The quantitative estimate of drug-likeness (QED) is 0.421. The predicted octanol–water partition coefficient (Wildman–Crippen LogP) is 2.42. The van der Waals surface area contributed by atoms with Gasteiger partial charge in [-0.3, -0.25) is 21.2 Å². The Balaban J connectivity index is 1.71. The number of nitrogens with one attached hydrogen (secondary N) is 2. The van der Waals surface area contributed by atoms with Crippen LogP contribution >= 0.6 is 11.6 Å². The third kappa shape index (κ3) is 5.43. The maximum Gasteiger partial charge on any atom is 0.269 e. The van der Waals surface area contributed by atoms with Crippen LogP contribution < -0.4 is 22.1 Å². The molecule has 2 aromatic rings. The fourth-order valence-corrected chi connectivity index (χ4v) is 3.19. The fraction of sp³-hybridized carbons (Fsp3) is 0.263. The van der Waals surface area contributed by atoms with Crippen LogP contribution in [0.4, 0.5) is 5.69 Å². The van der Waals surface area contributed by atoms with Crippen molar-refractivity contribution in [1.82, 2.24) is 10.6 Å². The van der Waals surface area contributed by atoms with E-state index in [1.165, 1.54) is 12.1 Å². The van der Waals surface area contributed by atoms with Gasteiger partial charge in [0.2, 0.25) is 5.96 Å². The van der Waals surface area contributed by atoms with E-state index < -0.39 is 10.7 Å². The molecule has 3 rings (SSSR count). The second kappa shape index (κ2) is 8.46. The highest BCUT2D eigenvalue weighted by Crippen LogP contribution is 2.21. The summed E-state index contributed by atoms with van der Waals surface area (Å²) in [5.74, 6) is -0.574. The van der Waals surface area contributed by atoms with Gasteiger partial charge in [0.05, 0.1) is 11.0 Å². The highest BCUT2D eigenvalue weighted by Gasteiger charge is 2.30. The normalized spacial score (nSPS) is 21.1. The van der Waals surface area contributed by atoms with E-state index in [-0.39, 0.29) is 17.7 Å². The summed E-state index contributed by atoms with van der Waals surface area (Å²) in [4.78, 5) is 19.2. The summed E-state index contributed by atoms with van der Waals surface area (Å²) < 4.78 is 0. The minimum Gasteiger partial charge on any atom is -0.370 e. The molecule has 2 atom stereocenters. The minimum atomic E-state index is -1.12. The van der Waals surface area contributed by atoms with Gasteiger partial charge in [-0.05, 0) is 36.6 Å². The molecule has 2 aromatic carbocycles. The summed E-state index contributed by atoms with van der Waals surface area (Å²) in [6.45, 7) is 1.86. The van der Waals surface area contributed by atoms with Gasteiger partial charge in [0.15, 0.2) is 11.7 Å². The van der Waals surface area contributed by atoms with Gasteiger partial charge in [0.25, 0.3) is 5.69 Å². The fourth-order valence-electron chi connectivity index (χ4n) is 2.98. The number of nitro groups is 1. The van der Waals surface area contributed by atoms with E-state index in [0.717, 1.165) is 11.1 Å². The number of aryl methyl sites for hydroxylation is 1. The molecule has 0 bridgehead atoms. The number of non-ortho nitro benzene ring substituents is 1. The van der Waals surface area contributed by atoms with Crippen molar-refractivity contribution in [3.63, 3.8) is 0 Å². The molecule has 1 heterocycles. The molecule has 0 saturated heterocycles. The zero-order chi connectivity index (χ0) is 21.0. The summed E-state index contributed by atoms with van der Waals surface area (Å²) in [6, 6.07) is 13.5. The number of nitrogens with zero attached hydrogens (tertiary/aromatic N) is 3. The second-order valence-corrected chi connectivity index (χ2v) is 7.24. The summed E-state index contributed by atoms with van der Waals surface area (Å²) in [7, 11) is 0. The third-order valence-corrected chi connectivity index (χ3v) is 4.73. The predicted molar refractivity (Wildman–Crippen MR) is 114 cm³/mol. The largest absolute Gasteiger partial charge is 0.370 e. The molecule has 1 aliphatic rings. The average molecular weight is 416 g/mol. The SMILES string of the molecule is C[C@H](N=C1NC(N)=NC(N)(CCc2cccc(Cl)c2)N1)c1ccc([N+](=O)[O-])cc1. The number of hydrogen-bond donors (Lipinski definition) is 4. The Bertz CT molecular complexity index is 961. The Morgan fingerprint density at radius 3 is 2.69 bits per heavy atom. The molecule has 1 aliphatic heterocycles. The lowest BCUT2D eigenvalue weighted by atomic mass is 10.1. The van der Waals surface area contributed by atoms with Crippen LogP contribution in [0, 0.1) is 10.1 Å². The first kappa shape index (κ1) is 20.6. The molecule has 0 amide bonds. The molecular formula is C19H22ClN7O2. The summed E-state index contributed by atoms with van der Waals surface area (Å²) in [5.41, 5.74) is 14.2. The van der Waals surface area contributed by atoms with E-state index in [1.807, 2.05) is 31.2 Å². The number of guanidine groups is 2. The zero-order valence-electron chi connectivity index (χ0n) is 15.8. The molecule has 0 aromatic heterocycles. The van der Waals surface area contributed by atoms with E-state index in [2.05, 4.69) is 20.6 Å². The molecular weight excluding hydrogens is 394 g/mol. The highest BCUT2D eigenvalue weighted by molar-refractivity contribution is 6.30. The van der Waals surface area contributed by atoms with Crippen molar-refractivity contribution < 1.29 is 4.92 Å². The Morgan fingerprint density at radius 1 is 1.31 bits per heavy atom. The van der Waals surface area contributed by atoms with Gasteiger partial charge in [0, 0.05) is 23.6 Å². The number of benzene rings is 2. The van der Waals surface area contributed by atoms with Crippen LogP contribution in [0.1, 0.15) is 30.5 Å². The standard InChI is InChI=1S/C19H22ClN7O2/c1-12(14-5-7-16(8-6-14)27(28)29)23-18-24-17(21)25-19(22,26-18)10-9-13-3-2-4-15(20)11-13/h2-8,11-12H,9-10,22H2,1H3,(H4,21,23,24,25,26)/t12-,19?/m0/s1. The van der Waals surface area contributed by atoms with Crippen LogP contribution in [-0.2, 0) is 6.42 Å². The lowest BCUT2D eigenvalue weighted by molar-refractivity contribution is -0.384. The molecule has 152 valence electrons. The number of aliphatic imine (C=N–C) groups is 2. The lowest BCUT2D eigenvalue weighted by Crippen LogP contribution is -2.64. The summed E-state index contributed by atoms with van der Waals surface area (Å²) in [6.07, 6.45) is 1.12. The number of nitro benzene ring substituents is 1. The Kier molecular flexibility index (Phi) is 6.00. The molecule has 10 heteroatoms. The maximum atomic E-state index is 10.8. The minimum absolute atomic E-state index is 0.0286. The molecule has 0 aliphatic carbocycles. The van der Waals surface area contributed by atoms with Crippen molar-refractivity contribution in [3.05, 3.63) is 74.8 Å². The van der Waals surface area contributed by atoms with E-state index in [9.17, 15) is 10.1 Å². The smallest absolute Gasteiger partial charge is 0.269 e. The van der Waals surface area contributed by atoms with Gasteiger partial charge in [-0.25, -0.2) is 9.98 Å². The molecule has 6 N–H and O–H groups in total. The van der Waals surface area contributed by atoms with Crippen molar-refractivity contribution in [2.75, 3.05) is 0 Å². The monoisotopic (exact) mass is 415 g/mol. The third-order valence-electron chi connectivity index (χ3n) is 4.49. The Morgan fingerprint density at radius 2 is 2.03 bits per heavy atom. The number of halogens is 1. The lowest BCUT2D eigenvalue weighted by Gasteiger charge is -2.33. The van der Waals surface area contributed by atoms with E-state index in [4.69, 9.17) is 23.1 Å². The first-order valence-electron chi connectivity index (χ1n) is 9.00. The number of rotatable bonds is 6. The first-order valence-corrected chi connectivity index (χ1v) is 9.38. The molecule has 1 unspecified atom stereocenters. The van der Waals surface area contributed by atoms with E-state index in [1.54, 1.807) is 12.1 Å². The van der Waals surface area contributed by atoms with E-state index >= 15 is 0 Å². The number of nitrogens with two attached hydrogens (primary N) is 2. The topological polar surface area (TPSA) is 144 Å². The summed E-state index contributed by atoms with van der Waals surface area (Å²) >= 11 is 6.03. The molecule has 0 saturated carbocycles. The maximum absolute atomic E-state index is 10.8. The average Bonchev–Trinajstić information content (AvgIpc) is 2.66. The van der Waals surface area contributed by atoms with Crippen molar-refractivity contribution in [2.24, 2.45) is 21.5 Å². The van der Waals surface area contributed by atoms with Gasteiger partial charge >= 0.3 is 0 Å². The Labute approximate surface area is 173 Å². The van der Waals surface area contributed by atoms with E-state index in [0.29, 0.717) is 23.8 Å². The van der Waals surface area contributed by atoms with Gasteiger partial charge in [-0.15, -0.1) is 0 Å². The molecule has 0 radical (unpaired) electrons. The molecule has 9 nitrogen and oxygen atoms in total. The van der Waals surface area contributed by atoms with Crippen LogP contribution in [0.25, 0.3) is 0 Å². The van der Waals surface area contributed by atoms with Gasteiger partial charge in [-0.2, -0.15) is 0 Å². The second-order valence-electron chi connectivity index (χ2n) is 6.80. The van der Waals surface area contributed by atoms with Gasteiger partial charge in [0.1, 0.15) is 0 Å².